The summed E-state index contributed by atoms with van der Waals surface area (Å²) in [5.74, 6) is -1.99. The molecule has 0 unspecified atom stereocenters. The summed E-state index contributed by atoms with van der Waals surface area (Å²) in [6, 6.07) is 1.24. The number of halogens is 1. The zero-order valence-corrected chi connectivity index (χ0v) is 9.45. The molecule has 0 aliphatic rings. The van der Waals surface area contributed by atoms with Crippen LogP contribution in [0.4, 0.5) is 9.39 Å². The summed E-state index contributed by atoms with van der Waals surface area (Å²) >= 11 is 0.795. The minimum absolute atomic E-state index is 0.217. The number of nitrogens with zero attached hydrogens (tertiary/aromatic N) is 2. The Balaban J connectivity index is 3.06. The normalized spacial score (nSPS) is 11.3. The number of Topliss-reactive ketones (excluding diaryl/α,β-unsaturated/α-hetero) is 1. The predicted octanol–water partition coefficient (Wildman–Crippen LogP) is 2.21. The number of carbonyl (C=O) groups is 1. The highest BCUT2D eigenvalue weighted by Gasteiger charge is 2.24. The van der Waals surface area contributed by atoms with Gasteiger partial charge in [0.15, 0.2) is 5.83 Å². The zero-order chi connectivity index (χ0) is 12.3. The second-order valence-electron chi connectivity index (χ2n) is 3.17. The Kier molecular flexibility index (Phi) is 3.73. The second kappa shape index (κ2) is 4.84. The van der Waals surface area contributed by atoms with Gasteiger partial charge in [-0.1, -0.05) is 11.3 Å². The van der Waals surface area contributed by atoms with Crippen LogP contribution in [0.3, 0.4) is 0 Å². The Morgan fingerprint density at radius 1 is 1.62 bits per heavy atom. The molecule has 86 valence electrons. The van der Waals surface area contributed by atoms with Gasteiger partial charge < -0.3 is 4.90 Å². The standard InChI is InChI=1S/C9H9FN2O3S/c1-11(2)5-7(10)8(13)6-3-4-16-9(6)12(14)15/h3-5H,1-2H3/b7-5+. The first kappa shape index (κ1) is 12.3. The molecule has 1 aromatic heterocycles. The maximum Gasteiger partial charge on any atom is 0.335 e. The third kappa shape index (κ3) is 2.63. The molecule has 0 saturated heterocycles. The maximum absolute atomic E-state index is 13.3. The van der Waals surface area contributed by atoms with Crippen LogP contribution in [0, 0.1) is 10.1 Å². The van der Waals surface area contributed by atoms with E-state index in [1.165, 1.54) is 16.3 Å². The topological polar surface area (TPSA) is 63.5 Å². The molecular weight excluding hydrogens is 235 g/mol. The van der Waals surface area contributed by atoms with Crippen LogP contribution in [-0.2, 0) is 0 Å². The van der Waals surface area contributed by atoms with Gasteiger partial charge in [0, 0.05) is 20.3 Å². The van der Waals surface area contributed by atoms with Gasteiger partial charge in [0.1, 0.15) is 5.56 Å². The van der Waals surface area contributed by atoms with E-state index in [0.29, 0.717) is 0 Å². The van der Waals surface area contributed by atoms with E-state index in [1.54, 1.807) is 14.1 Å². The van der Waals surface area contributed by atoms with Crippen molar-refractivity contribution < 1.29 is 14.1 Å². The number of allylic oxidation sites excluding steroid dienone is 1. The minimum atomic E-state index is -1.02. The Bertz CT molecular complexity index is 453. The van der Waals surface area contributed by atoms with Crippen LogP contribution in [0.1, 0.15) is 10.4 Å². The molecule has 0 amide bonds. The fourth-order valence-electron chi connectivity index (χ4n) is 1.03. The molecule has 0 radical (unpaired) electrons. The molecule has 0 atom stereocenters. The van der Waals surface area contributed by atoms with Crippen molar-refractivity contribution >= 4 is 22.1 Å². The number of ketones is 1. The van der Waals surface area contributed by atoms with Gasteiger partial charge in [-0.15, -0.1) is 0 Å². The summed E-state index contributed by atoms with van der Waals surface area (Å²) < 4.78 is 13.3. The number of nitro groups is 1. The van der Waals surface area contributed by atoms with E-state index in [0.717, 1.165) is 17.5 Å². The molecule has 0 fully saturated rings. The first-order valence-corrected chi connectivity index (χ1v) is 5.11. The molecule has 1 aromatic rings. The summed E-state index contributed by atoms with van der Waals surface area (Å²) in [7, 11) is 3.10. The van der Waals surface area contributed by atoms with Crippen LogP contribution < -0.4 is 0 Å². The first-order valence-electron chi connectivity index (χ1n) is 4.23. The van der Waals surface area contributed by atoms with Gasteiger partial charge in [-0.3, -0.25) is 14.9 Å². The van der Waals surface area contributed by atoms with Crippen LogP contribution in [0.25, 0.3) is 0 Å². The summed E-state index contributed by atoms with van der Waals surface area (Å²) in [6.45, 7) is 0. The molecule has 0 saturated carbocycles. The minimum Gasteiger partial charge on any atom is -0.381 e. The quantitative estimate of drug-likeness (QED) is 0.352. The average Bonchev–Trinajstić information content (AvgIpc) is 2.63. The maximum atomic E-state index is 13.3. The lowest BCUT2D eigenvalue weighted by molar-refractivity contribution is -0.380. The van der Waals surface area contributed by atoms with E-state index in [4.69, 9.17) is 0 Å². The van der Waals surface area contributed by atoms with E-state index in [9.17, 15) is 19.3 Å². The lowest BCUT2D eigenvalue weighted by Crippen LogP contribution is -2.07. The Morgan fingerprint density at radius 3 is 2.75 bits per heavy atom. The molecule has 0 aliphatic carbocycles. The monoisotopic (exact) mass is 244 g/mol. The van der Waals surface area contributed by atoms with Crippen LogP contribution in [0.2, 0.25) is 0 Å². The van der Waals surface area contributed by atoms with Crippen molar-refractivity contribution in [3.8, 4) is 0 Å². The van der Waals surface area contributed by atoms with Crippen molar-refractivity contribution in [2.45, 2.75) is 0 Å². The average molecular weight is 244 g/mol. The number of hydrogen-bond donors (Lipinski definition) is 0. The molecule has 0 aliphatic heterocycles. The first-order chi connectivity index (χ1) is 7.43. The lowest BCUT2D eigenvalue weighted by Gasteiger charge is -2.03. The van der Waals surface area contributed by atoms with Crippen LogP contribution >= 0.6 is 11.3 Å². The summed E-state index contributed by atoms with van der Waals surface area (Å²) in [4.78, 5) is 22.7. The van der Waals surface area contributed by atoms with Crippen molar-refractivity contribution in [3.05, 3.63) is 39.2 Å². The van der Waals surface area contributed by atoms with E-state index >= 15 is 0 Å². The van der Waals surface area contributed by atoms with Gasteiger partial charge in [-0.25, -0.2) is 4.39 Å². The van der Waals surface area contributed by atoms with E-state index in [1.807, 2.05) is 0 Å². The third-order valence-corrected chi connectivity index (χ3v) is 2.51. The molecule has 7 heteroatoms. The van der Waals surface area contributed by atoms with Gasteiger partial charge >= 0.3 is 5.00 Å². The Labute approximate surface area is 94.9 Å². The molecule has 1 heterocycles. The zero-order valence-electron chi connectivity index (χ0n) is 8.64. The summed E-state index contributed by atoms with van der Waals surface area (Å²) in [5, 5.41) is 11.6. The molecule has 0 aromatic carbocycles. The van der Waals surface area contributed by atoms with E-state index < -0.39 is 16.5 Å². The number of hydrogen-bond acceptors (Lipinski definition) is 5. The molecular formula is C9H9FN2O3S. The van der Waals surface area contributed by atoms with Crippen LogP contribution in [0.15, 0.2) is 23.5 Å². The highest BCUT2D eigenvalue weighted by atomic mass is 32.1. The van der Waals surface area contributed by atoms with Gasteiger partial charge in [0.25, 0.3) is 0 Å². The molecule has 0 N–H and O–H groups in total. The SMILES string of the molecule is CN(C)/C=C(/F)C(=O)c1ccsc1[N+](=O)[O-]. The van der Waals surface area contributed by atoms with E-state index in [2.05, 4.69) is 0 Å². The van der Waals surface area contributed by atoms with Crippen molar-refractivity contribution in [3.63, 3.8) is 0 Å². The van der Waals surface area contributed by atoms with Crippen LogP contribution in [-0.4, -0.2) is 29.7 Å². The second-order valence-corrected chi connectivity index (χ2v) is 4.06. The molecule has 16 heavy (non-hydrogen) atoms. The predicted molar refractivity (Wildman–Crippen MR) is 58.2 cm³/mol. The number of rotatable bonds is 4. The van der Waals surface area contributed by atoms with Gasteiger partial charge in [-0.05, 0) is 11.4 Å². The van der Waals surface area contributed by atoms with Gasteiger partial charge in [0.2, 0.25) is 5.78 Å². The molecule has 0 bridgehead atoms. The fraction of sp³-hybridized carbons (Fsp3) is 0.222. The number of carbonyl (C=O) groups excluding carboxylic acids is 1. The van der Waals surface area contributed by atoms with Gasteiger partial charge in [-0.2, -0.15) is 0 Å². The van der Waals surface area contributed by atoms with E-state index in [-0.39, 0.29) is 10.6 Å². The van der Waals surface area contributed by atoms with Crippen LogP contribution in [0.5, 0.6) is 0 Å². The lowest BCUT2D eigenvalue weighted by atomic mass is 10.2. The number of thiophene rings is 1. The molecule has 1 rings (SSSR count). The van der Waals surface area contributed by atoms with Crippen molar-refractivity contribution in [1.29, 1.82) is 0 Å². The summed E-state index contributed by atoms with van der Waals surface area (Å²) in [5.41, 5.74) is -0.217. The third-order valence-electron chi connectivity index (χ3n) is 1.64. The smallest absolute Gasteiger partial charge is 0.335 e. The highest BCUT2D eigenvalue weighted by molar-refractivity contribution is 7.13. The highest BCUT2D eigenvalue weighted by Crippen LogP contribution is 2.27. The van der Waals surface area contributed by atoms with Crippen molar-refractivity contribution in [2.24, 2.45) is 0 Å². The van der Waals surface area contributed by atoms with Crippen molar-refractivity contribution in [1.82, 2.24) is 4.90 Å². The molecule has 0 spiro atoms. The Morgan fingerprint density at radius 2 is 2.25 bits per heavy atom. The summed E-state index contributed by atoms with van der Waals surface area (Å²) in [6.07, 6.45) is 0.976. The van der Waals surface area contributed by atoms with Gasteiger partial charge in [0.05, 0.1) is 4.92 Å². The Hall–Kier alpha value is -1.76. The fourth-order valence-corrected chi connectivity index (χ4v) is 1.74. The molecule has 5 nitrogen and oxygen atoms in total. The van der Waals surface area contributed by atoms with Crippen molar-refractivity contribution in [2.75, 3.05) is 14.1 Å². The largest absolute Gasteiger partial charge is 0.381 e.